The molecule has 0 aliphatic heterocycles. The number of alkyl halides is 1. The highest BCUT2D eigenvalue weighted by Crippen LogP contribution is 2.27. The molecule has 2 aromatic rings. The fourth-order valence-electron chi connectivity index (χ4n) is 2.10. The molecule has 1 aromatic carbocycles. The molecule has 0 amide bonds. The summed E-state index contributed by atoms with van der Waals surface area (Å²) in [6, 6.07) is 8.08. The van der Waals surface area contributed by atoms with Crippen LogP contribution in [0.25, 0.3) is 0 Å². The summed E-state index contributed by atoms with van der Waals surface area (Å²) in [4.78, 5) is 4.32. The number of anilines is 1. The van der Waals surface area contributed by atoms with Gasteiger partial charge in [-0.15, -0.1) is 11.6 Å². The molecule has 0 saturated carbocycles. The number of halogens is 1. The van der Waals surface area contributed by atoms with E-state index >= 15 is 0 Å². The average Bonchev–Trinajstić information content (AvgIpc) is 2.83. The van der Waals surface area contributed by atoms with Crippen LogP contribution in [0.1, 0.15) is 37.5 Å². The second kappa shape index (κ2) is 6.75. The van der Waals surface area contributed by atoms with Crippen LogP contribution in [0.15, 0.2) is 30.6 Å². The Kier molecular flexibility index (Phi) is 5.01. The number of aromatic nitrogens is 3. The largest absolute Gasteiger partial charge is 0.377 e. The molecule has 0 saturated heterocycles. The van der Waals surface area contributed by atoms with E-state index in [1.807, 2.05) is 35.9 Å². The van der Waals surface area contributed by atoms with Crippen LogP contribution in [-0.2, 0) is 13.1 Å². The van der Waals surface area contributed by atoms with Crippen LogP contribution in [-0.4, -0.2) is 14.8 Å². The SMILES string of the molecule is CC(C)Cn1ncnc1CNc1ccccc1C(C)Cl. The van der Waals surface area contributed by atoms with Crippen molar-refractivity contribution in [2.24, 2.45) is 5.92 Å². The molecule has 5 heteroatoms. The van der Waals surface area contributed by atoms with Gasteiger partial charge in [0.1, 0.15) is 12.2 Å². The summed E-state index contributed by atoms with van der Waals surface area (Å²) in [5.41, 5.74) is 2.15. The molecule has 0 aliphatic rings. The molecule has 1 unspecified atom stereocenters. The summed E-state index contributed by atoms with van der Waals surface area (Å²) in [6.45, 7) is 7.84. The summed E-state index contributed by atoms with van der Waals surface area (Å²) < 4.78 is 1.95. The van der Waals surface area contributed by atoms with Gasteiger partial charge in [0.15, 0.2) is 0 Å². The highest BCUT2D eigenvalue weighted by atomic mass is 35.5. The third-order valence-corrected chi connectivity index (χ3v) is 3.30. The maximum Gasteiger partial charge on any atom is 0.146 e. The molecule has 0 radical (unpaired) electrons. The van der Waals surface area contributed by atoms with Gasteiger partial charge < -0.3 is 5.32 Å². The predicted molar refractivity (Wildman–Crippen MR) is 82.9 cm³/mol. The van der Waals surface area contributed by atoms with Crippen molar-refractivity contribution in [1.82, 2.24) is 14.8 Å². The second-order valence-electron chi connectivity index (χ2n) is 5.31. The maximum atomic E-state index is 6.20. The van der Waals surface area contributed by atoms with E-state index in [0.717, 1.165) is 23.6 Å². The minimum atomic E-state index is -0.0211. The van der Waals surface area contributed by atoms with Crippen LogP contribution in [0.3, 0.4) is 0 Å². The lowest BCUT2D eigenvalue weighted by molar-refractivity contribution is 0.468. The van der Waals surface area contributed by atoms with E-state index in [0.29, 0.717) is 12.5 Å². The fourth-order valence-corrected chi connectivity index (χ4v) is 2.29. The summed E-state index contributed by atoms with van der Waals surface area (Å²) in [7, 11) is 0. The molecular weight excluding hydrogens is 272 g/mol. The van der Waals surface area contributed by atoms with Crippen LogP contribution in [0.2, 0.25) is 0 Å². The van der Waals surface area contributed by atoms with Gasteiger partial charge in [-0.05, 0) is 24.5 Å². The van der Waals surface area contributed by atoms with Gasteiger partial charge in [0.2, 0.25) is 0 Å². The average molecular weight is 293 g/mol. The first-order valence-electron chi connectivity index (χ1n) is 6.91. The molecule has 1 atom stereocenters. The van der Waals surface area contributed by atoms with Crippen LogP contribution >= 0.6 is 11.6 Å². The van der Waals surface area contributed by atoms with E-state index in [1.54, 1.807) is 6.33 Å². The quantitative estimate of drug-likeness (QED) is 0.823. The van der Waals surface area contributed by atoms with E-state index in [-0.39, 0.29) is 5.38 Å². The van der Waals surface area contributed by atoms with E-state index in [4.69, 9.17) is 11.6 Å². The summed E-state index contributed by atoms with van der Waals surface area (Å²) >= 11 is 6.20. The first kappa shape index (κ1) is 14.9. The zero-order chi connectivity index (χ0) is 14.5. The molecule has 0 aliphatic carbocycles. The Balaban J connectivity index is 2.08. The van der Waals surface area contributed by atoms with Gasteiger partial charge in [0.25, 0.3) is 0 Å². The Labute approximate surface area is 125 Å². The lowest BCUT2D eigenvalue weighted by atomic mass is 10.1. The number of nitrogens with one attached hydrogen (secondary N) is 1. The number of hydrogen-bond acceptors (Lipinski definition) is 3. The van der Waals surface area contributed by atoms with Gasteiger partial charge in [-0.3, -0.25) is 0 Å². The Hall–Kier alpha value is -1.55. The van der Waals surface area contributed by atoms with Crippen LogP contribution < -0.4 is 5.32 Å². The maximum absolute atomic E-state index is 6.20. The van der Waals surface area contributed by atoms with Crippen molar-refractivity contribution in [2.75, 3.05) is 5.32 Å². The zero-order valence-electron chi connectivity index (χ0n) is 12.2. The Morgan fingerprint density at radius 1 is 1.25 bits per heavy atom. The zero-order valence-corrected chi connectivity index (χ0v) is 12.9. The number of benzene rings is 1. The van der Waals surface area contributed by atoms with Crippen molar-refractivity contribution in [1.29, 1.82) is 0 Å². The molecule has 2 rings (SSSR count). The molecule has 108 valence electrons. The lowest BCUT2D eigenvalue weighted by Gasteiger charge is -2.14. The van der Waals surface area contributed by atoms with Gasteiger partial charge >= 0.3 is 0 Å². The summed E-state index contributed by atoms with van der Waals surface area (Å²) in [5.74, 6) is 1.49. The first-order chi connectivity index (χ1) is 9.58. The minimum absolute atomic E-state index is 0.0211. The van der Waals surface area contributed by atoms with Crippen molar-refractivity contribution in [3.05, 3.63) is 42.0 Å². The Morgan fingerprint density at radius 2 is 2.00 bits per heavy atom. The Morgan fingerprint density at radius 3 is 2.70 bits per heavy atom. The third-order valence-electron chi connectivity index (χ3n) is 3.06. The van der Waals surface area contributed by atoms with Crippen LogP contribution in [0.4, 0.5) is 5.69 Å². The van der Waals surface area contributed by atoms with E-state index < -0.39 is 0 Å². The van der Waals surface area contributed by atoms with Gasteiger partial charge in [0.05, 0.1) is 11.9 Å². The highest BCUT2D eigenvalue weighted by Gasteiger charge is 2.09. The molecule has 0 spiro atoms. The van der Waals surface area contributed by atoms with Crippen molar-refractivity contribution in [3.63, 3.8) is 0 Å². The molecular formula is C15H21ClN4. The predicted octanol–water partition coefficient (Wildman–Crippen LogP) is 3.85. The smallest absolute Gasteiger partial charge is 0.146 e. The van der Waals surface area contributed by atoms with E-state index in [2.05, 4.69) is 29.2 Å². The van der Waals surface area contributed by atoms with Gasteiger partial charge in [-0.2, -0.15) is 5.10 Å². The topological polar surface area (TPSA) is 42.7 Å². The second-order valence-corrected chi connectivity index (χ2v) is 5.96. The molecule has 4 nitrogen and oxygen atoms in total. The number of nitrogens with zero attached hydrogens (tertiary/aromatic N) is 3. The molecule has 1 heterocycles. The van der Waals surface area contributed by atoms with Gasteiger partial charge in [0, 0.05) is 12.2 Å². The monoisotopic (exact) mass is 292 g/mol. The van der Waals surface area contributed by atoms with Crippen molar-refractivity contribution < 1.29 is 0 Å². The highest BCUT2D eigenvalue weighted by molar-refractivity contribution is 6.21. The summed E-state index contributed by atoms with van der Waals surface area (Å²) in [5, 5.41) is 7.65. The number of para-hydroxylation sites is 1. The normalized spacial score (nSPS) is 12.7. The lowest BCUT2D eigenvalue weighted by Crippen LogP contribution is -2.13. The standard InChI is InChI=1S/C15H21ClN4/c1-11(2)9-20-15(18-10-19-20)8-17-14-7-5-4-6-13(14)12(3)16/h4-7,10-12,17H,8-9H2,1-3H3. The van der Waals surface area contributed by atoms with Gasteiger partial charge in [-0.1, -0.05) is 32.0 Å². The first-order valence-corrected chi connectivity index (χ1v) is 7.35. The van der Waals surface area contributed by atoms with Crippen molar-refractivity contribution >= 4 is 17.3 Å². The van der Waals surface area contributed by atoms with Crippen LogP contribution in [0, 0.1) is 5.92 Å². The van der Waals surface area contributed by atoms with E-state index in [1.165, 1.54) is 0 Å². The third kappa shape index (κ3) is 3.73. The molecule has 0 bridgehead atoms. The fraction of sp³-hybridized carbons (Fsp3) is 0.467. The molecule has 1 aromatic heterocycles. The molecule has 0 fully saturated rings. The summed E-state index contributed by atoms with van der Waals surface area (Å²) in [6.07, 6.45) is 1.61. The van der Waals surface area contributed by atoms with Gasteiger partial charge in [-0.25, -0.2) is 9.67 Å². The van der Waals surface area contributed by atoms with Crippen LogP contribution in [0.5, 0.6) is 0 Å². The van der Waals surface area contributed by atoms with Crippen molar-refractivity contribution in [3.8, 4) is 0 Å². The minimum Gasteiger partial charge on any atom is -0.377 e. The Bertz CT molecular complexity index is 548. The number of rotatable bonds is 6. The number of hydrogen-bond donors (Lipinski definition) is 1. The molecule has 1 N–H and O–H groups in total. The van der Waals surface area contributed by atoms with E-state index in [9.17, 15) is 0 Å². The molecule has 20 heavy (non-hydrogen) atoms. The van der Waals surface area contributed by atoms with Crippen molar-refractivity contribution in [2.45, 2.75) is 39.2 Å².